The number of benzene rings is 2. The minimum absolute atomic E-state index is 0.114. The second-order valence-electron chi connectivity index (χ2n) is 5.60. The molecular formula is C19H22O. The summed E-state index contributed by atoms with van der Waals surface area (Å²) in [6.45, 7) is 3.92. The van der Waals surface area contributed by atoms with Gasteiger partial charge in [0.25, 0.3) is 0 Å². The van der Waals surface area contributed by atoms with E-state index >= 15 is 0 Å². The maximum absolute atomic E-state index is 11.8. The largest absolute Gasteiger partial charge is 0.299 e. The first-order valence-electron chi connectivity index (χ1n) is 7.29. The molecule has 0 saturated heterocycles. The average Bonchev–Trinajstić information content (AvgIpc) is 2.46. The third kappa shape index (κ3) is 4.34. The quantitative estimate of drug-likeness (QED) is 0.764. The molecule has 2 aromatic rings. The van der Waals surface area contributed by atoms with Crippen molar-refractivity contribution < 1.29 is 4.79 Å². The molecule has 1 nitrogen and oxygen atoms in total. The van der Waals surface area contributed by atoms with Crippen LogP contribution < -0.4 is 0 Å². The van der Waals surface area contributed by atoms with E-state index in [0.29, 0.717) is 12.2 Å². The monoisotopic (exact) mass is 266 g/mol. The van der Waals surface area contributed by atoms with Crippen molar-refractivity contribution in [3.63, 3.8) is 0 Å². The molecule has 0 bridgehead atoms. The molecule has 0 fully saturated rings. The van der Waals surface area contributed by atoms with Gasteiger partial charge in [-0.25, -0.2) is 0 Å². The van der Waals surface area contributed by atoms with E-state index in [4.69, 9.17) is 0 Å². The van der Waals surface area contributed by atoms with E-state index in [9.17, 15) is 4.79 Å². The number of carbonyl (C=O) groups excluding carboxylic acids is 1. The lowest BCUT2D eigenvalue weighted by atomic mass is 9.97. The van der Waals surface area contributed by atoms with Crippen LogP contribution in [0.25, 0.3) is 0 Å². The Balaban J connectivity index is 1.97. The Labute approximate surface area is 121 Å². The molecule has 1 heteroatoms. The molecular weight excluding hydrogens is 244 g/mol. The zero-order chi connectivity index (χ0) is 14.4. The van der Waals surface area contributed by atoms with Crippen LogP contribution in [0, 0.1) is 5.92 Å². The molecule has 0 heterocycles. The maximum Gasteiger partial charge on any atom is 0.139 e. The van der Waals surface area contributed by atoms with Gasteiger partial charge in [-0.15, -0.1) is 0 Å². The summed E-state index contributed by atoms with van der Waals surface area (Å²) in [5, 5.41) is 0. The van der Waals surface area contributed by atoms with Gasteiger partial charge in [0.1, 0.15) is 5.78 Å². The highest BCUT2D eigenvalue weighted by Crippen LogP contribution is 2.12. The van der Waals surface area contributed by atoms with Crippen LogP contribution in [0.5, 0.6) is 0 Å². The standard InChI is InChI=1S/C19H22O/c1-15(2)19(20)14-18-10-6-9-17(13-18)12-11-16-7-4-3-5-8-16/h3-10,13,15H,11-12,14H2,1-2H3. The van der Waals surface area contributed by atoms with Gasteiger partial charge in [0.2, 0.25) is 0 Å². The van der Waals surface area contributed by atoms with Gasteiger partial charge >= 0.3 is 0 Å². The van der Waals surface area contributed by atoms with Crippen LogP contribution in [-0.4, -0.2) is 5.78 Å². The van der Waals surface area contributed by atoms with Gasteiger partial charge in [0, 0.05) is 12.3 Å². The van der Waals surface area contributed by atoms with Gasteiger partial charge in [-0.2, -0.15) is 0 Å². The van der Waals surface area contributed by atoms with Crippen LogP contribution in [-0.2, 0) is 24.1 Å². The molecule has 0 unspecified atom stereocenters. The van der Waals surface area contributed by atoms with Crippen molar-refractivity contribution in [3.8, 4) is 0 Å². The fraction of sp³-hybridized carbons (Fsp3) is 0.316. The van der Waals surface area contributed by atoms with Gasteiger partial charge in [-0.1, -0.05) is 68.4 Å². The molecule has 104 valence electrons. The van der Waals surface area contributed by atoms with Crippen molar-refractivity contribution in [1.29, 1.82) is 0 Å². The van der Waals surface area contributed by atoms with E-state index in [2.05, 4.69) is 42.5 Å². The summed E-state index contributed by atoms with van der Waals surface area (Å²) in [7, 11) is 0. The van der Waals surface area contributed by atoms with Gasteiger partial charge in [-0.05, 0) is 29.5 Å². The summed E-state index contributed by atoms with van der Waals surface area (Å²) in [5.41, 5.74) is 3.80. The number of ketones is 1. The van der Waals surface area contributed by atoms with E-state index in [-0.39, 0.29) is 5.92 Å². The van der Waals surface area contributed by atoms with E-state index in [1.807, 2.05) is 26.0 Å². The Bertz CT molecular complexity index is 555. The normalized spacial score (nSPS) is 10.8. The van der Waals surface area contributed by atoms with Crippen LogP contribution in [0.2, 0.25) is 0 Å². The van der Waals surface area contributed by atoms with Crippen LogP contribution in [0.4, 0.5) is 0 Å². The summed E-state index contributed by atoms with van der Waals surface area (Å²) in [6, 6.07) is 18.9. The zero-order valence-corrected chi connectivity index (χ0v) is 12.3. The molecule has 0 aromatic heterocycles. The Hall–Kier alpha value is -1.89. The summed E-state index contributed by atoms with van der Waals surface area (Å²) < 4.78 is 0. The lowest BCUT2D eigenvalue weighted by molar-refractivity contribution is -0.121. The number of hydrogen-bond acceptors (Lipinski definition) is 1. The van der Waals surface area contributed by atoms with Gasteiger partial charge in [-0.3, -0.25) is 4.79 Å². The molecule has 0 spiro atoms. The Morgan fingerprint density at radius 3 is 2.15 bits per heavy atom. The number of aryl methyl sites for hydroxylation is 2. The molecule has 0 aliphatic rings. The van der Waals surface area contributed by atoms with Crippen molar-refractivity contribution in [2.75, 3.05) is 0 Å². The summed E-state index contributed by atoms with van der Waals surface area (Å²) in [5.74, 6) is 0.424. The summed E-state index contributed by atoms with van der Waals surface area (Å²) in [6.07, 6.45) is 2.62. The first-order valence-corrected chi connectivity index (χ1v) is 7.29. The SMILES string of the molecule is CC(C)C(=O)Cc1cccc(CCc2ccccc2)c1. The van der Waals surface area contributed by atoms with E-state index in [1.54, 1.807) is 0 Å². The van der Waals surface area contributed by atoms with Crippen LogP contribution in [0.1, 0.15) is 30.5 Å². The first-order chi connectivity index (χ1) is 9.65. The molecule has 2 aromatic carbocycles. The fourth-order valence-electron chi connectivity index (χ4n) is 2.23. The third-order valence-corrected chi connectivity index (χ3v) is 3.56. The minimum Gasteiger partial charge on any atom is -0.299 e. The molecule has 0 N–H and O–H groups in total. The van der Waals surface area contributed by atoms with E-state index in [0.717, 1.165) is 18.4 Å². The minimum atomic E-state index is 0.114. The fourth-order valence-corrected chi connectivity index (χ4v) is 2.23. The Morgan fingerprint density at radius 2 is 1.45 bits per heavy atom. The topological polar surface area (TPSA) is 17.1 Å². The molecule has 0 atom stereocenters. The van der Waals surface area contributed by atoms with E-state index < -0.39 is 0 Å². The predicted molar refractivity (Wildman–Crippen MR) is 83.8 cm³/mol. The van der Waals surface area contributed by atoms with Gasteiger partial charge < -0.3 is 0 Å². The Morgan fingerprint density at radius 1 is 0.850 bits per heavy atom. The second kappa shape index (κ2) is 7.04. The number of carbonyl (C=O) groups is 1. The van der Waals surface area contributed by atoms with Gasteiger partial charge in [0.05, 0.1) is 0 Å². The number of rotatable bonds is 6. The highest BCUT2D eigenvalue weighted by molar-refractivity contribution is 5.82. The molecule has 0 aliphatic carbocycles. The third-order valence-electron chi connectivity index (χ3n) is 3.56. The maximum atomic E-state index is 11.8. The highest BCUT2D eigenvalue weighted by atomic mass is 16.1. The van der Waals surface area contributed by atoms with Crippen molar-refractivity contribution in [1.82, 2.24) is 0 Å². The van der Waals surface area contributed by atoms with E-state index in [1.165, 1.54) is 11.1 Å². The molecule has 0 aliphatic heterocycles. The second-order valence-corrected chi connectivity index (χ2v) is 5.60. The lowest BCUT2D eigenvalue weighted by Gasteiger charge is -2.07. The van der Waals surface area contributed by atoms with Crippen LogP contribution in [0.3, 0.4) is 0 Å². The molecule has 2 rings (SSSR count). The molecule has 0 saturated carbocycles. The van der Waals surface area contributed by atoms with Crippen molar-refractivity contribution in [3.05, 3.63) is 71.3 Å². The first kappa shape index (κ1) is 14.5. The average molecular weight is 266 g/mol. The highest BCUT2D eigenvalue weighted by Gasteiger charge is 2.08. The van der Waals surface area contributed by atoms with Crippen molar-refractivity contribution in [2.24, 2.45) is 5.92 Å². The smallest absolute Gasteiger partial charge is 0.139 e. The van der Waals surface area contributed by atoms with Crippen molar-refractivity contribution >= 4 is 5.78 Å². The van der Waals surface area contributed by atoms with Gasteiger partial charge in [0.15, 0.2) is 0 Å². The molecule has 0 amide bonds. The summed E-state index contributed by atoms with van der Waals surface area (Å²) in [4.78, 5) is 11.8. The lowest BCUT2D eigenvalue weighted by Crippen LogP contribution is -2.10. The predicted octanol–water partition coefficient (Wildman–Crippen LogP) is 4.24. The zero-order valence-electron chi connectivity index (χ0n) is 12.3. The number of hydrogen-bond donors (Lipinski definition) is 0. The molecule has 0 radical (unpaired) electrons. The number of Topliss-reactive ketones (excluding diaryl/α,β-unsaturated/α-hetero) is 1. The Kier molecular flexibility index (Phi) is 5.11. The molecule has 20 heavy (non-hydrogen) atoms. The van der Waals surface area contributed by atoms with Crippen LogP contribution >= 0.6 is 0 Å². The van der Waals surface area contributed by atoms with Crippen molar-refractivity contribution in [2.45, 2.75) is 33.1 Å². The summed E-state index contributed by atoms with van der Waals surface area (Å²) >= 11 is 0. The van der Waals surface area contributed by atoms with Crippen LogP contribution in [0.15, 0.2) is 54.6 Å².